The third-order valence-corrected chi connectivity index (χ3v) is 4.69. The number of carbonyl (C=O) groups is 2. The molecule has 2 aromatic heterocycles. The standard InChI is InChI=1S/C16H21N7O6/c1-21-13(25)10(5-18-15(21)27)14(26)22-7-11(12(24)8-22)23-6-9(19-20-23)3-4-17-16(28)29-2/h5-6,11-12,24H,3-4,7-8H2,1-2H3,(H,17,28)(H,18,27)/t11-,12-/m1/s1. The highest BCUT2D eigenvalue weighted by atomic mass is 16.5. The summed E-state index contributed by atoms with van der Waals surface area (Å²) >= 11 is 0. The maximum Gasteiger partial charge on any atom is 0.406 e. The molecule has 0 aromatic carbocycles. The van der Waals surface area contributed by atoms with Crippen molar-refractivity contribution < 1.29 is 19.4 Å². The smallest absolute Gasteiger partial charge is 0.406 e. The number of hydrogen-bond donors (Lipinski definition) is 3. The number of methoxy groups -OCH3 is 1. The molecule has 2 atom stereocenters. The maximum atomic E-state index is 12.7. The lowest BCUT2D eigenvalue weighted by atomic mass is 10.2. The van der Waals surface area contributed by atoms with Crippen LogP contribution in [-0.2, 0) is 18.2 Å². The fraction of sp³-hybridized carbons (Fsp3) is 0.500. The normalized spacial score (nSPS) is 18.7. The molecule has 1 fully saturated rings. The second-order valence-electron chi connectivity index (χ2n) is 6.57. The summed E-state index contributed by atoms with van der Waals surface area (Å²) in [7, 11) is 2.54. The number of H-pyrrole nitrogens is 1. The summed E-state index contributed by atoms with van der Waals surface area (Å²) in [5.74, 6) is -0.592. The molecule has 1 saturated heterocycles. The summed E-state index contributed by atoms with van der Waals surface area (Å²) < 4.78 is 6.74. The molecule has 1 aliphatic heterocycles. The van der Waals surface area contributed by atoms with Crippen LogP contribution in [0.4, 0.5) is 4.79 Å². The van der Waals surface area contributed by atoms with Gasteiger partial charge in [0.2, 0.25) is 0 Å². The van der Waals surface area contributed by atoms with E-state index in [1.807, 2.05) is 0 Å². The van der Waals surface area contributed by atoms with Crippen LogP contribution in [0, 0.1) is 0 Å². The van der Waals surface area contributed by atoms with Gasteiger partial charge in [-0.15, -0.1) is 5.10 Å². The molecule has 1 aliphatic rings. The van der Waals surface area contributed by atoms with Crippen molar-refractivity contribution in [2.24, 2.45) is 7.05 Å². The molecule has 156 valence electrons. The molecule has 0 bridgehead atoms. The molecule has 0 unspecified atom stereocenters. The summed E-state index contributed by atoms with van der Waals surface area (Å²) in [6.45, 7) is 0.426. The molecule has 3 rings (SSSR count). The van der Waals surface area contributed by atoms with Gasteiger partial charge in [0.25, 0.3) is 11.5 Å². The van der Waals surface area contributed by atoms with Crippen LogP contribution in [0.15, 0.2) is 22.0 Å². The van der Waals surface area contributed by atoms with Gasteiger partial charge in [-0.25, -0.2) is 14.3 Å². The average molecular weight is 407 g/mol. The zero-order valence-electron chi connectivity index (χ0n) is 15.9. The molecule has 3 heterocycles. The Hall–Kier alpha value is -3.48. The molecule has 2 amide bonds. The minimum absolute atomic E-state index is 0.00483. The van der Waals surface area contributed by atoms with Crippen LogP contribution >= 0.6 is 0 Å². The number of nitrogens with zero attached hydrogens (tertiary/aromatic N) is 5. The van der Waals surface area contributed by atoms with Crippen LogP contribution in [0.25, 0.3) is 0 Å². The summed E-state index contributed by atoms with van der Waals surface area (Å²) in [5.41, 5.74) is -0.929. The van der Waals surface area contributed by atoms with Crippen molar-refractivity contribution in [2.45, 2.75) is 18.6 Å². The summed E-state index contributed by atoms with van der Waals surface area (Å²) in [4.78, 5) is 51.0. The molecule has 0 saturated carbocycles. The van der Waals surface area contributed by atoms with Gasteiger partial charge < -0.3 is 25.0 Å². The second kappa shape index (κ2) is 8.26. The van der Waals surface area contributed by atoms with Gasteiger partial charge in [0.15, 0.2) is 0 Å². The first-order valence-corrected chi connectivity index (χ1v) is 8.80. The SMILES string of the molecule is COC(=O)NCCc1cn([C@@H]2CN(C(=O)c3c[nH]c(=O)n(C)c3=O)C[C@H]2O)nn1. The molecule has 0 radical (unpaired) electrons. The highest BCUT2D eigenvalue weighted by Gasteiger charge is 2.37. The number of rotatable bonds is 5. The van der Waals surface area contributed by atoms with Crippen LogP contribution in [0.2, 0.25) is 0 Å². The molecule has 0 spiro atoms. The lowest BCUT2D eigenvalue weighted by Gasteiger charge is -2.15. The molecular formula is C16H21N7O6. The zero-order chi connectivity index (χ0) is 21.1. The predicted molar refractivity (Wildman–Crippen MR) is 97.4 cm³/mol. The Morgan fingerprint density at radius 2 is 2.14 bits per heavy atom. The molecule has 29 heavy (non-hydrogen) atoms. The Kier molecular flexibility index (Phi) is 5.77. The fourth-order valence-corrected chi connectivity index (χ4v) is 3.04. The van der Waals surface area contributed by atoms with E-state index >= 15 is 0 Å². The lowest BCUT2D eigenvalue weighted by Crippen LogP contribution is -2.40. The van der Waals surface area contributed by atoms with Crippen LogP contribution < -0.4 is 16.6 Å². The molecule has 13 heteroatoms. The Bertz CT molecular complexity index is 1030. The van der Waals surface area contributed by atoms with Gasteiger partial charge in [0.1, 0.15) is 5.56 Å². The first-order valence-electron chi connectivity index (χ1n) is 8.80. The molecule has 13 nitrogen and oxygen atoms in total. The van der Waals surface area contributed by atoms with E-state index in [0.717, 1.165) is 10.8 Å². The quantitative estimate of drug-likeness (QED) is 0.494. The van der Waals surface area contributed by atoms with E-state index < -0.39 is 35.4 Å². The number of aromatic nitrogens is 5. The first-order chi connectivity index (χ1) is 13.8. The van der Waals surface area contributed by atoms with E-state index in [1.54, 1.807) is 6.20 Å². The van der Waals surface area contributed by atoms with E-state index in [-0.39, 0.29) is 18.7 Å². The molecule has 2 aromatic rings. The van der Waals surface area contributed by atoms with Crippen molar-refractivity contribution in [1.29, 1.82) is 0 Å². The molecular weight excluding hydrogens is 386 g/mol. The van der Waals surface area contributed by atoms with Crippen molar-refractivity contribution in [3.63, 3.8) is 0 Å². The largest absolute Gasteiger partial charge is 0.453 e. The number of aliphatic hydroxyl groups is 1. The number of likely N-dealkylation sites (tertiary alicyclic amines) is 1. The van der Waals surface area contributed by atoms with Crippen molar-refractivity contribution in [1.82, 2.24) is 34.8 Å². The minimum Gasteiger partial charge on any atom is -0.453 e. The van der Waals surface area contributed by atoms with Gasteiger partial charge in [-0.2, -0.15) is 0 Å². The first kappa shape index (κ1) is 20.3. The number of amides is 2. The van der Waals surface area contributed by atoms with Crippen molar-refractivity contribution >= 4 is 12.0 Å². The molecule has 3 N–H and O–H groups in total. The Morgan fingerprint density at radius 3 is 2.86 bits per heavy atom. The van der Waals surface area contributed by atoms with Gasteiger partial charge in [-0.05, 0) is 0 Å². The minimum atomic E-state index is -0.909. The third-order valence-electron chi connectivity index (χ3n) is 4.69. The van der Waals surface area contributed by atoms with Crippen LogP contribution in [0.5, 0.6) is 0 Å². The van der Waals surface area contributed by atoms with Crippen molar-refractivity contribution in [2.75, 3.05) is 26.7 Å². The number of ether oxygens (including phenoxy) is 1. The van der Waals surface area contributed by atoms with Crippen LogP contribution in [0.1, 0.15) is 22.1 Å². The fourth-order valence-electron chi connectivity index (χ4n) is 3.04. The highest BCUT2D eigenvalue weighted by molar-refractivity contribution is 5.93. The van der Waals surface area contributed by atoms with E-state index in [2.05, 4.69) is 25.3 Å². The lowest BCUT2D eigenvalue weighted by molar-refractivity contribution is 0.0761. The number of alkyl carbamates (subject to hydrolysis) is 1. The van der Waals surface area contributed by atoms with E-state index in [4.69, 9.17) is 0 Å². The maximum absolute atomic E-state index is 12.7. The Morgan fingerprint density at radius 1 is 1.38 bits per heavy atom. The molecule has 0 aliphatic carbocycles. The Balaban J connectivity index is 1.68. The van der Waals surface area contributed by atoms with Gasteiger partial charge in [-0.1, -0.05) is 5.21 Å². The number of nitrogens with one attached hydrogen (secondary N) is 2. The number of β-amino-alcohol motifs (C(OH)–C–C–N with tert-alkyl or cyclic N) is 1. The Labute approximate surface area is 163 Å². The third kappa shape index (κ3) is 4.18. The van der Waals surface area contributed by atoms with E-state index in [0.29, 0.717) is 18.7 Å². The van der Waals surface area contributed by atoms with Crippen LogP contribution in [0.3, 0.4) is 0 Å². The monoisotopic (exact) mass is 407 g/mol. The van der Waals surface area contributed by atoms with E-state index in [9.17, 15) is 24.3 Å². The van der Waals surface area contributed by atoms with Gasteiger partial charge in [0, 0.05) is 45.5 Å². The van der Waals surface area contributed by atoms with Gasteiger partial charge >= 0.3 is 11.8 Å². The number of aliphatic hydroxyl groups excluding tert-OH is 1. The number of aromatic amines is 1. The number of hydrogen-bond acceptors (Lipinski definition) is 8. The summed E-state index contributed by atoms with van der Waals surface area (Å²) in [6, 6.07) is -0.541. The van der Waals surface area contributed by atoms with E-state index in [1.165, 1.54) is 23.7 Å². The second-order valence-corrected chi connectivity index (χ2v) is 6.57. The summed E-state index contributed by atoms with van der Waals surface area (Å²) in [5, 5.41) is 20.9. The van der Waals surface area contributed by atoms with Gasteiger partial charge in [-0.3, -0.25) is 14.2 Å². The van der Waals surface area contributed by atoms with Gasteiger partial charge in [0.05, 0.1) is 24.9 Å². The van der Waals surface area contributed by atoms with Crippen molar-refractivity contribution in [3.05, 3.63) is 44.5 Å². The topological polar surface area (TPSA) is 164 Å². The average Bonchev–Trinajstić information content (AvgIpc) is 3.32. The number of carbonyl (C=O) groups excluding carboxylic acids is 2. The predicted octanol–water partition coefficient (Wildman–Crippen LogP) is -2.38. The summed E-state index contributed by atoms with van der Waals surface area (Å²) in [6.07, 6.45) is 1.65. The van der Waals surface area contributed by atoms with Crippen LogP contribution in [-0.4, -0.2) is 79.4 Å². The van der Waals surface area contributed by atoms with Crippen molar-refractivity contribution in [3.8, 4) is 0 Å². The zero-order valence-corrected chi connectivity index (χ0v) is 15.9. The highest BCUT2D eigenvalue weighted by Crippen LogP contribution is 2.22.